The topological polar surface area (TPSA) is 72.6 Å². The number of carbonyl (C=O) groups excluding carboxylic acids is 2. The summed E-state index contributed by atoms with van der Waals surface area (Å²) in [5, 5.41) is 0. The van der Waals surface area contributed by atoms with Crippen LogP contribution in [0.25, 0.3) is 11.1 Å². The van der Waals surface area contributed by atoms with Gasteiger partial charge in [0.2, 0.25) is 11.8 Å². The molecule has 3 aromatic rings. The van der Waals surface area contributed by atoms with Gasteiger partial charge >= 0.3 is 0 Å². The quantitative estimate of drug-likeness (QED) is 0.555. The lowest BCUT2D eigenvalue weighted by Crippen LogP contribution is -2.36. The van der Waals surface area contributed by atoms with Gasteiger partial charge in [-0.2, -0.15) is 0 Å². The smallest absolute Gasteiger partial charge is 0.249 e. The largest absolute Gasteiger partial charge is 0.457 e. The van der Waals surface area contributed by atoms with Gasteiger partial charge < -0.3 is 15.4 Å². The van der Waals surface area contributed by atoms with Crippen molar-refractivity contribution in [3.63, 3.8) is 0 Å². The van der Waals surface area contributed by atoms with Gasteiger partial charge in [-0.25, -0.2) is 0 Å². The molecule has 0 aliphatic carbocycles. The average molecular weight is 427 g/mol. The number of likely N-dealkylation sites (tertiary alicyclic amines) is 1. The summed E-state index contributed by atoms with van der Waals surface area (Å²) >= 11 is 0. The molecule has 1 heterocycles. The molecule has 5 heteroatoms. The molecule has 1 aliphatic heterocycles. The van der Waals surface area contributed by atoms with Crippen molar-refractivity contribution in [3.8, 4) is 22.6 Å². The molecule has 0 unspecified atom stereocenters. The molecule has 5 nitrogen and oxygen atoms in total. The van der Waals surface area contributed by atoms with Crippen molar-refractivity contribution in [3.05, 3.63) is 96.6 Å². The van der Waals surface area contributed by atoms with E-state index in [1.165, 1.54) is 6.08 Å². The van der Waals surface area contributed by atoms with Crippen molar-refractivity contribution in [2.75, 3.05) is 13.1 Å². The lowest BCUT2D eigenvalue weighted by molar-refractivity contribution is -0.127. The Morgan fingerprint density at radius 2 is 1.59 bits per heavy atom. The van der Waals surface area contributed by atoms with E-state index in [9.17, 15) is 9.59 Å². The van der Waals surface area contributed by atoms with Gasteiger partial charge in [0.05, 0.1) is 0 Å². The Kier molecular flexibility index (Phi) is 6.36. The zero-order valence-corrected chi connectivity index (χ0v) is 17.9. The number of amides is 2. The zero-order valence-electron chi connectivity index (χ0n) is 17.9. The highest BCUT2D eigenvalue weighted by Gasteiger charge is 2.23. The minimum atomic E-state index is -0.456. The van der Waals surface area contributed by atoms with E-state index in [0.29, 0.717) is 24.6 Å². The lowest BCUT2D eigenvalue weighted by atomic mass is 9.86. The number of benzene rings is 3. The highest BCUT2D eigenvalue weighted by Crippen LogP contribution is 2.34. The molecular formula is C27H26N2O3. The monoisotopic (exact) mass is 426 g/mol. The number of hydrogen-bond acceptors (Lipinski definition) is 3. The Balaban J connectivity index is 1.57. The van der Waals surface area contributed by atoms with Crippen LogP contribution in [0, 0.1) is 0 Å². The Labute approximate surface area is 188 Å². The van der Waals surface area contributed by atoms with E-state index >= 15 is 0 Å². The van der Waals surface area contributed by atoms with E-state index < -0.39 is 5.91 Å². The summed E-state index contributed by atoms with van der Waals surface area (Å²) in [5.74, 6) is 1.33. The van der Waals surface area contributed by atoms with E-state index in [0.717, 1.165) is 41.0 Å². The number of para-hydroxylation sites is 1. The van der Waals surface area contributed by atoms with E-state index in [2.05, 4.69) is 12.6 Å². The van der Waals surface area contributed by atoms with Crippen molar-refractivity contribution in [1.82, 2.24) is 4.90 Å². The number of ether oxygens (including phenoxy) is 1. The second-order valence-corrected chi connectivity index (χ2v) is 7.91. The summed E-state index contributed by atoms with van der Waals surface area (Å²) in [7, 11) is 0. The van der Waals surface area contributed by atoms with Crippen molar-refractivity contribution in [1.29, 1.82) is 0 Å². The molecule has 162 valence electrons. The van der Waals surface area contributed by atoms with E-state index in [-0.39, 0.29) is 5.91 Å². The summed E-state index contributed by atoms with van der Waals surface area (Å²) < 4.78 is 5.87. The molecule has 2 amide bonds. The zero-order chi connectivity index (χ0) is 22.5. The van der Waals surface area contributed by atoms with Crippen LogP contribution in [0.15, 0.2) is 85.5 Å². The third-order valence-electron chi connectivity index (χ3n) is 5.91. The third kappa shape index (κ3) is 4.72. The molecule has 2 N–H and O–H groups in total. The van der Waals surface area contributed by atoms with E-state index in [1.807, 2.05) is 71.6 Å². The summed E-state index contributed by atoms with van der Waals surface area (Å²) in [6, 6.07) is 23.1. The minimum Gasteiger partial charge on any atom is -0.457 e. The molecule has 0 bridgehead atoms. The van der Waals surface area contributed by atoms with Crippen LogP contribution < -0.4 is 10.5 Å². The molecule has 3 aromatic carbocycles. The van der Waals surface area contributed by atoms with Crippen LogP contribution in [-0.2, 0) is 4.79 Å². The molecule has 0 saturated carbocycles. The first kappa shape index (κ1) is 21.4. The summed E-state index contributed by atoms with van der Waals surface area (Å²) in [6.45, 7) is 4.97. The highest BCUT2D eigenvalue weighted by atomic mass is 16.5. The second-order valence-electron chi connectivity index (χ2n) is 7.91. The molecule has 1 saturated heterocycles. The highest BCUT2D eigenvalue weighted by molar-refractivity contribution is 6.00. The van der Waals surface area contributed by atoms with Crippen molar-refractivity contribution in [2.45, 2.75) is 18.8 Å². The van der Waals surface area contributed by atoms with Gasteiger partial charge in [0.15, 0.2) is 0 Å². The van der Waals surface area contributed by atoms with Gasteiger partial charge in [0.25, 0.3) is 0 Å². The molecule has 1 fully saturated rings. The van der Waals surface area contributed by atoms with Crippen LogP contribution in [-0.4, -0.2) is 29.8 Å². The van der Waals surface area contributed by atoms with E-state index in [1.54, 1.807) is 0 Å². The van der Waals surface area contributed by atoms with E-state index in [4.69, 9.17) is 10.5 Å². The molecule has 32 heavy (non-hydrogen) atoms. The first-order valence-electron chi connectivity index (χ1n) is 10.7. The van der Waals surface area contributed by atoms with Gasteiger partial charge in [-0.15, -0.1) is 0 Å². The Hall–Kier alpha value is -3.86. The van der Waals surface area contributed by atoms with Gasteiger partial charge in [-0.3, -0.25) is 9.59 Å². The van der Waals surface area contributed by atoms with Crippen molar-refractivity contribution >= 4 is 11.8 Å². The van der Waals surface area contributed by atoms with Gasteiger partial charge in [-0.05, 0) is 71.9 Å². The summed E-state index contributed by atoms with van der Waals surface area (Å²) in [4.78, 5) is 25.8. The normalized spacial score (nSPS) is 14.1. The van der Waals surface area contributed by atoms with Gasteiger partial charge in [-0.1, -0.05) is 49.0 Å². The van der Waals surface area contributed by atoms with Gasteiger partial charge in [0.1, 0.15) is 11.5 Å². The average Bonchev–Trinajstić information content (AvgIpc) is 2.84. The first-order valence-corrected chi connectivity index (χ1v) is 10.7. The maximum Gasteiger partial charge on any atom is 0.249 e. The Bertz CT molecular complexity index is 1120. The molecule has 0 atom stereocenters. The second kappa shape index (κ2) is 9.52. The summed E-state index contributed by atoms with van der Waals surface area (Å²) in [5.41, 5.74) is 9.02. The number of piperidine rings is 1. The van der Waals surface area contributed by atoms with Crippen LogP contribution in [0.2, 0.25) is 0 Å². The first-order chi connectivity index (χ1) is 15.5. The fourth-order valence-electron chi connectivity index (χ4n) is 4.16. The fraction of sp³-hybridized carbons (Fsp3) is 0.185. The van der Waals surface area contributed by atoms with Crippen LogP contribution in [0.1, 0.15) is 34.7 Å². The minimum absolute atomic E-state index is 0.0222. The number of rotatable bonds is 6. The molecule has 0 spiro atoms. The van der Waals surface area contributed by atoms with Crippen LogP contribution >= 0.6 is 0 Å². The van der Waals surface area contributed by atoms with Crippen LogP contribution in [0.3, 0.4) is 0 Å². The molecule has 1 aliphatic rings. The standard InChI is InChI=1S/C27H26N2O3/c1-2-26(30)29-16-14-19(15-17-29)21-10-13-24(27(28)31)25(18-21)20-8-11-23(12-9-20)32-22-6-4-3-5-7-22/h2-13,18-19H,1,14-17H2,(H2,28,31). The number of primary amides is 1. The summed E-state index contributed by atoms with van der Waals surface area (Å²) in [6.07, 6.45) is 3.11. The van der Waals surface area contributed by atoms with Crippen molar-refractivity contribution < 1.29 is 14.3 Å². The lowest BCUT2D eigenvalue weighted by Gasteiger charge is -2.31. The fourth-order valence-corrected chi connectivity index (χ4v) is 4.16. The maximum absolute atomic E-state index is 12.1. The molecule has 4 rings (SSSR count). The predicted molar refractivity (Wildman–Crippen MR) is 126 cm³/mol. The number of nitrogens with zero attached hydrogens (tertiary/aromatic N) is 1. The maximum atomic E-state index is 12.1. The molecular weight excluding hydrogens is 400 g/mol. The third-order valence-corrected chi connectivity index (χ3v) is 5.91. The number of hydrogen-bond donors (Lipinski definition) is 1. The predicted octanol–water partition coefficient (Wildman–Crippen LogP) is 5.14. The van der Waals surface area contributed by atoms with Crippen molar-refractivity contribution in [2.24, 2.45) is 5.73 Å². The molecule has 0 radical (unpaired) electrons. The van der Waals surface area contributed by atoms with Gasteiger partial charge in [0, 0.05) is 18.7 Å². The molecule has 0 aromatic heterocycles. The Morgan fingerprint density at radius 1 is 0.938 bits per heavy atom. The van der Waals surface area contributed by atoms with Crippen LogP contribution in [0.5, 0.6) is 11.5 Å². The van der Waals surface area contributed by atoms with Crippen LogP contribution in [0.4, 0.5) is 0 Å². The SMILES string of the molecule is C=CC(=O)N1CCC(c2ccc(C(N)=O)c(-c3ccc(Oc4ccccc4)cc3)c2)CC1. The Morgan fingerprint density at radius 3 is 2.22 bits per heavy atom. The number of nitrogens with two attached hydrogens (primary N) is 1. The number of carbonyl (C=O) groups is 2.